The lowest BCUT2D eigenvalue weighted by molar-refractivity contribution is -0.122. The highest BCUT2D eigenvalue weighted by atomic mass is 16.3. The highest BCUT2D eigenvalue weighted by Crippen LogP contribution is 2.29. The smallest absolute Gasteiger partial charge is 0.224 e. The minimum absolute atomic E-state index is 0.00380. The second kappa shape index (κ2) is 4.78. The molecule has 17 heavy (non-hydrogen) atoms. The first-order chi connectivity index (χ1) is 8.09. The van der Waals surface area contributed by atoms with Crippen molar-refractivity contribution in [1.29, 1.82) is 0 Å². The molecule has 1 aliphatic rings. The van der Waals surface area contributed by atoms with Crippen LogP contribution in [0.1, 0.15) is 38.2 Å². The highest BCUT2D eigenvalue weighted by Gasteiger charge is 2.29. The van der Waals surface area contributed by atoms with Crippen LogP contribution in [-0.2, 0) is 11.2 Å². The number of hydrogen-bond donors (Lipinski definition) is 2. The van der Waals surface area contributed by atoms with Crippen molar-refractivity contribution in [2.75, 3.05) is 0 Å². The molecule has 0 radical (unpaired) electrons. The van der Waals surface area contributed by atoms with E-state index in [4.69, 9.17) is 0 Å². The van der Waals surface area contributed by atoms with Crippen molar-refractivity contribution in [2.24, 2.45) is 0 Å². The van der Waals surface area contributed by atoms with Crippen molar-refractivity contribution < 1.29 is 9.90 Å². The number of nitrogens with one attached hydrogen (secondary N) is 1. The first kappa shape index (κ1) is 12.0. The van der Waals surface area contributed by atoms with Crippen LogP contribution in [0.5, 0.6) is 5.75 Å². The number of hydrogen-bond acceptors (Lipinski definition) is 2. The number of para-hydroxylation sites is 1. The summed E-state index contributed by atoms with van der Waals surface area (Å²) in [6.45, 7) is 2.10. The zero-order chi connectivity index (χ0) is 12.3. The summed E-state index contributed by atoms with van der Waals surface area (Å²) in [5.74, 6) is 0.190. The molecule has 0 spiro atoms. The van der Waals surface area contributed by atoms with E-state index in [0.29, 0.717) is 5.56 Å². The largest absolute Gasteiger partial charge is 0.508 e. The molecule has 0 atom stereocenters. The van der Waals surface area contributed by atoms with Crippen LogP contribution in [0.2, 0.25) is 0 Å². The van der Waals surface area contributed by atoms with E-state index in [1.54, 1.807) is 18.2 Å². The fourth-order valence-electron chi connectivity index (χ4n) is 2.49. The van der Waals surface area contributed by atoms with Gasteiger partial charge in [0.05, 0.1) is 6.42 Å². The van der Waals surface area contributed by atoms with Gasteiger partial charge in [0, 0.05) is 11.1 Å². The van der Waals surface area contributed by atoms with Gasteiger partial charge in [0.25, 0.3) is 0 Å². The molecule has 3 nitrogen and oxygen atoms in total. The molecule has 0 bridgehead atoms. The Labute approximate surface area is 102 Å². The van der Waals surface area contributed by atoms with Gasteiger partial charge in [-0.05, 0) is 25.8 Å². The number of phenolic OH excluding ortho intramolecular Hbond substituents is 1. The Hall–Kier alpha value is -1.51. The topological polar surface area (TPSA) is 49.3 Å². The van der Waals surface area contributed by atoms with Gasteiger partial charge in [-0.15, -0.1) is 0 Å². The van der Waals surface area contributed by atoms with E-state index in [1.165, 1.54) is 12.8 Å². The van der Waals surface area contributed by atoms with Crippen LogP contribution in [0.25, 0.3) is 0 Å². The average Bonchev–Trinajstić information content (AvgIpc) is 2.68. The van der Waals surface area contributed by atoms with E-state index in [0.717, 1.165) is 12.8 Å². The molecule has 0 aliphatic heterocycles. The van der Waals surface area contributed by atoms with E-state index in [2.05, 4.69) is 12.2 Å². The average molecular weight is 233 g/mol. The minimum atomic E-state index is -0.0402. The molecule has 1 aromatic rings. The molecule has 1 aliphatic carbocycles. The molecule has 1 fully saturated rings. The molecule has 1 aromatic carbocycles. The molecule has 92 valence electrons. The van der Waals surface area contributed by atoms with Crippen molar-refractivity contribution >= 4 is 5.91 Å². The number of amides is 1. The predicted molar refractivity (Wildman–Crippen MR) is 66.8 cm³/mol. The summed E-state index contributed by atoms with van der Waals surface area (Å²) in [6.07, 6.45) is 4.74. The second-order valence-electron chi connectivity index (χ2n) is 5.12. The number of carbonyl (C=O) groups excluding carboxylic acids is 1. The lowest BCUT2D eigenvalue weighted by Crippen LogP contribution is -2.44. The van der Waals surface area contributed by atoms with E-state index in [9.17, 15) is 9.90 Å². The van der Waals surface area contributed by atoms with Crippen LogP contribution in [-0.4, -0.2) is 16.6 Å². The summed E-state index contributed by atoms with van der Waals surface area (Å²) in [7, 11) is 0. The lowest BCUT2D eigenvalue weighted by atomic mass is 10.00. The van der Waals surface area contributed by atoms with Gasteiger partial charge in [-0.2, -0.15) is 0 Å². The standard InChI is InChI=1S/C14H19NO2/c1-14(8-4-5-9-14)15-13(17)10-11-6-2-3-7-12(11)16/h2-3,6-7,16H,4-5,8-10H2,1H3,(H,15,17). The lowest BCUT2D eigenvalue weighted by Gasteiger charge is -2.25. The van der Waals surface area contributed by atoms with Gasteiger partial charge in [-0.25, -0.2) is 0 Å². The Morgan fingerprint density at radius 1 is 1.35 bits per heavy atom. The third-order valence-corrected chi connectivity index (χ3v) is 3.49. The SMILES string of the molecule is CC1(NC(=O)Cc2ccccc2O)CCCC1. The Balaban J connectivity index is 1.96. The fourth-order valence-corrected chi connectivity index (χ4v) is 2.49. The highest BCUT2D eigenvalue weighted by molar-refractivity contribution is 5.80. The summed E-state index contributed by atoms with van der Waals surface area (Å²) in [5.41, 5.74) is 0.646. The van der Waals surface area contributed by atoms with Crippen molar-refractivity contribution in [1.82, 2.24) is 5.32 Å². The van der Waals surface area contributed by atoms with Gasteiger partial charge < -0.3 is 10.4 Å². The maximum atomic E-state index is 11.9. The monoisotopic (exact) mass is 233 g/mol. The number of phenols is 1. The molecular weight excluding hydrogens is 214 g/mol. The number of aromatic hydroxyl groups is 1. The Kier molecular flexibility index (Phi) is 3.36. The Bertz CT molecular complexity index is 408. The van der Waals surface area contributed by atoms with E-state index in [-0.39, 0.29) is 23.6 Å². The minimum Gasteiger partial charge on any atom is -0.508 e. The van der Waals surface area contributed by atoms with Crippen molar-refractivity contribution in [3.63, 3.8) is 0 Å². The number of rotatable bonds is 3. The van der Waals surface area contributed by atoms with E-state index < -0.39 is 0 Å². The summed E-state index contributed by atoms with van der Waals surface area (Å²) < 4.78 is 0. The van der Waals surface area contributed by atoms with Gasteiger partial charge in [0.15, 0.2) is 0 Å². The number of carbonyl (C=O) groups is 1. The zero-order valence-electron chi connectivity index (χ0n) is 10.2. The van der Waals surface area contributed by atoms with Crippen molar-refractivity contribution in [3.05, 3.63) is 29.8 Å². The maximum Gasteiger partial charge on any atom is 0.224 e. The molecule has 0 unspecified atom stereocenters. The molecule has 2 N–H and O–H groups in total. The normalized spacial score (nSPS) is 17.9. The Morgan fingerprint density at radius 2 is 2.00 bits per heavy atom. The molecular formula is C14H19NO2. The summed E-state index contributed by atoms with van der Waals surface area (Å²) in [4.78, 5) is 11.9. The summed E-state index contributed by atoms with van der Waals surface area (Å²) in [5, 5.41) is 12.7. The van der Waals surface area contributed by atoms with Crippen molar-refractivity contribution in [2.45, 2.75) is 44.6 Å². The van der Waals surface area contributed by atoms with E-state index >= 15 is 0 Å². The predicted octanol–water partition coefficient (Wildman–Crippen LogP) is 2.38. The second-order valence-corrected chi connectivity index (χ2v) is 5.12. The van der Waals surface area contributed by atoms with Crippen LogP contribution in [0.15, 0.2) is 24.3 Å². The van der Waals surface area contributed by atoms with Crippen LogP contribution in [0, 0.1) is 0 Å². The maximum absolute atomic E-state index is 11.9. The molecule has 0 aromatic heterocycles. The Morgan fingerprint density at radius 3 is 2.65 bits per heavy atom. The molecule has 1 amide bonds. The molecule has 2 rings (SSSR count). The zero-order valence-corrected chi connectivity index (χ0v) is 10.2. The van der Waals surface area contributed by atoms with Crippen LogP contribution in [0.4, 0.5) is 0 Å². The van der Waals surface area contributed by atoms with E-state index in [1.807, 2.05) is 6.07 Å². The van der Waals surface area contributed by atoms with Crippen molar-refractivity contribution in [3.8, 4) is 5.75 Å². The summed E-state index contributed by atoms with van der Waals surface area (Å²) >= 11 is 0. The molecule has 1 saturated carbocycles. The van der Waals surface area contributed by atoms with Crippen LogP contribution >= 0.6 is 0 Å². The number of benzene rings is 1. The first-order valence-corrected chi connectivity index (χ1v) is 6.17. The first-order valence-electron chi connectivity index (χ1n) is 6.17. The summed E-state index contributed by atoms with van der Waals surface area (Å²) in [6, 6.07) is 6.99. The quantitative estimate of drug-likeness (QED) is 0.842. The molecule has 0 heterocycles. The molecule has 3 heteroatoms. The van der Waals surface area contributed by atoms with Gasteiger partial charge in [0.1, 0.15) is 5.75 Å². The third-order valence-electron chi connectivity index (χ3n) is 3.49. The third kappa shape index (κ3) is 2.99. The molecule has 0 saturated heterocycles. The fraction of sp³-hybridized carbons (Fsp3) is 0.500. The van der Waals surface area contributed by atoms with Gasteiger partial charge >= 0.3 is 0 Å². The van der Waals surface area contributed by atoms with Gasteiger partial charge in [-0.1, -0.05) is 31.0 Å². The van der Waals surface area contributed by atoms with Crippen LogP contribution < -0.4 is 5.32 Å². The van der Waals surface area contributed by atoms with Gasteiger partial charge in [-0.3, -0.25) is 4.79 Å². The van der Waals surface area contributed by atoms with Gasteiger partial charge in [0.2, 0.25) is 5.91 Å². The van der Waals surface area contributed by atoms with Crippen LogP contribution in [0.3, 0.4) is 0 Å².